The van der Waals surface area contributed by atoms with Gasteiger partial charge in [-0.25, -0.2) is 9.97 Å². The summed E-state index contributed by atoms with van der Waals surface area (Å²) in [5.74, 6) is 1.65. The summed E-state index contributed by atoms with van der Waals surface area (Å²) in [7, 11) is 1.79. The van der Waals surface area contributed by atoms with E-state index in [-0.39, 0.29) is 11.9 Å². The molecule has 2 aromatic heterocycles. The van der Waals surface area contributed by atoms with Gasteiger partial charge in [-0.05, 0) is 39.7 Å². The van der Waals surface area contributed by atoms with Crippen LogP contribution in [0.5, 0.6) is 0 Å². The molecule has 0 aromatic carbocycles. The van der Waals surface area contributed by atoms with Crippen LogP contribution >= 0.6 is 0 Å². The minimum atomic E-state index is -0.0694. The molecule has 0 aliphatic carbocycles. The lowest BCUT2D eigenvalue weighted by Crippen LogP contribution is -2.48. The average Bonchev–Trinajstić information content (AvgIpc) is 2.85. The summed E-state index contributed by atoms with van der Waals surface area (Å²) in [6.07, 6.45) is 2.00. The van der Waals surface area contributed by atoms with Crippen molar-refractivity contribution in [2.45, 2.75) is 39.7 Å². The molecule has 1 atom stereocenters. The van der Waals surface area contributed by atoms with Crippen molar-refractivity contribution in [2.24, 2.45) is 7.05 Å². The number of nitrogens with one attached hydrogen (secondary N) is 1. The number of hydrogen-bond donors (Lipinski definition) is 1. The molecule has 1 aliphatic heterocycles. The summed E-state index contributed by atoms with van der Waals surface area (Å²) in [5, 5.41) is 7.37. The molecule has 1 fully saturated rings. The molecule has 1 unspecified atom stereocenters. The molecule has 1 aliphatic rings. The van der Waals surface area contributed by atoms with Crippen LogP contribution < -0.4 is 10.2 Å². The summed E-state index contributed by atoms with van der Waals surface area (Å²) < 4.78 is 1.63. The zero-order valence-corrected chi connectivity index (χ0v) is 14.7. The predicted molar refractivity (Wildman–Crippen MR) is 92.2 cm³/mol. The largest absolute Gasteiger partial charge is 0.354 e. The summed E-state index contributed by atoms with van der Waals surface area (Å²) in [6, 6.07) is 3.92. The third kappa shape index (κ3) is 3.55. The highest BCUT2D eigenvalue weighted by molar-refractivity contribution is 5.92. The first kappa shape index (κ1) is 16.4. The minimum Gasteiger partial charge on any atom is -0.354 e. The summed E-state index contributed by atoms with van der Waals surface area (Å²) >= 11 is 0. The summed E-state index contributed by atoms with van der Waals surface area (Å²) in [5.41, 5.74) is 2.41. The average molecular weight is 328 g/mol. The van der Waals surface area contributed by atoms with Gasteiger partial charge in [-0.3, -0.25) is 9.48 Å². The molecule has 24 heavy (non-hydrogen) atoms. The Morgan fingerprint density at radius 3 is 2.67 bits per heavy atom. The molecule has 2 aromatic rings. The number of amides is 1. The van der Waals surface area contributed by atoms with Gasteiger partial charge in [-0.15, -0.1) is 0 Å². The van der Waals surface area contributed by atoms with E-state index >= 15 is 0 Å². The Labute approximate surface area is 142 Å². The maximum Gasteiger partial charge on any atom is 0.269 e. The highest BCUT2D eigenvalue weighted by Crippen LogP contribution is 2.19. The number of nitrogens with zero attached hydrogens (tertiary/aromatic N) is 5. The highest BCUT2D eigenvalue weighted by Gasteiger charge is 2.24. The number of anilines is 1. The zero-order valence-electron chi connectivity index (χ0n) is 14.7. The minimum absolute atomic E-state index is 0.0694. The molecule has 0 saturated carbocycles. The van der Waals surface area contributed by atoms with Gasteiger partial charge in [0, 0.05) is 37.9 Å². The molecule has 128 valence electrons. The van der Waals surface area contributed by atoms with Crippen LogP contribution in [0.1, 0.15) is 40.5 Å². The van der Waals surface area contributed by atoms with E-state index in [0.717, 1.165) is 49.0 Å². The maximum absolute atomic E-state index is 12.5. The topological polar surface area (TPSA) is 75.9 Å². The van der Waals surface area contributed by atoms with E-state index in [1.54, 1.807) is 11.7 Å². The van der Waals surface area contributed by atoms with E-state index in [1.165, 1.54) is 0 Å². The van der Waals surface area contributed by atoms with Gasteiger partial charge in [0.15, 0.2) is 0 Å². The van der Waals surface area contributed by atoms with E-state index in [0.29, 0.717) is 5.69 Å². The van der Waals surface area contributed by atoms with Gasteiger partial charge in [0.05, 0.1) is 5.69 Å². The Bertz CT molecular complexity index is 733. The number of carbonyl (C=O) groups is 1. The van der Waals surface area contributed by atoms with Crippen LogP contribution in [0.2, 0.25) is 0 Å². The van der Waals surface area contributed by atoms with Crippen LogP contribution in [0.15, 0.2) is 12.1 Å². The molecule has 1 N–H and O–H groups in total. The number of aromatic nitrogens is 4. The second kappa shape index (κ2) is 6.59. The molecular formula is C17H24N6O. The fourth-order valence-electron chi connectivity index (χ4n) is 3.24. The van der Waals surface area contributed by atoms with E-state index in [1.807, 2.05) is 32.9 Å². The standard InChI is InChI=1S/C17H24N6O/c1-11-9-16(19-13(3)18-11)23-7-5-6-14(10-23)20-17(24)15-8-12(2)21-22(15)4/h8-9,14H,5-7,10H2,1-4H3,(H,20,24). The lowest BCUT2D eigenvalue weighted by molar-refractivity contribution is 0.0923. The fourth-order valence-corrected chi connectivity index (χ4v) is 3.24. The first-order chi connectivity index (χ1) is 11.4. The van der Waals surface area contributed by atoms with Gasteiger partial charge in [0.25, 0.3) is 5.91 Å². The molecule has 0 spiro atoms. The van der Waals surface area contributed by atoms with E-state index in [9.17, 15) is 4.79 Å². The lowest BCUT2D eigenvalue weighted by Gasteiger charge is -2.34. The van der Waals surface area contributed by atoms with Crippen molar-refractivity contribution < 1.29 is 4.79 Å². The normalized spacial score (nSPS) is 17.8. The van der Waals surface area contributed by atoms with Gasteiger partial charge in [-0.2, -0.15) is 5.10 Å². The number of carbonyl (C=O) groups excluding carboxylic acids is 1. The Morgan fingerprint density at radius 2 is 2.00 bits per heavy atom. The van der Waals surface area contributed by atoms with Crippen LogP contribution in [0.4, 0.5) is 5.82 Å². The van der Waals surface area contributed by atoms with Crippen molar-refractivity contribution in [3.8, 4) is 0 Å². The van der Waals surface area contributed by atoms with Crippen molar-refractivity contribution in [3.05, 3.63) is 35.0 Å². The monoisotopic (exact) mass is 328 g/mol. The number of hydrogen-bond acceptors (Lipinski definition) is 5. The summed E-state index contributed by atoms with van der Waals surface area (Å²) in [6.45, 7) is 7.49. The number of aryl methyl sites for hydroxylation is 4. The predicted octanol–water partition coefficient (Wildman–Crippen LogP) is 1.53. The molecule has 1 amide bonds. The SMILES string of the molecule is Cc1cc(N2CCCC(NC(=O)c3cc(C)nn3C)C2)nc(C)n1. The highest BCUT2D eigenvalue weighted by atomic mass is 16.2. The van der Waals surface area contributed by atoms with Crippen molar-refractivity contribution in [3.63, 3.8) is 0 Å². The van der Waals surface area contributed by atoms with Crippen LogP contribution in [-0.2, 0) is 7.05 Å². The first-order valence-electron chi connectivity index (χ1n) is 8.31. The fraction of sp³-hybridized carbons (Fsp3) is 0.529. The van der Waals surface area contributed by atoms with Crippen LogP contribution in [-0.4, -0.2) is 44.8 Å². The van der Waals surface area contributed by atoms with Gasteiger partial charge in [0.1, 0.15) is 17.3 Å². The van der Waals surface area contributed by atoms with Crippen molar-refractivity contribution in [1.82, 2.24) is 25.1 Å². The Morgan fingerprint density at radius 1 is 1.21 bits per heavy atom. The van der Waals surface area contributed by atoms with Gasteiger partial charge >= 0.3 is 0 Å². The third-order valence-electron chi connectivity index (χ3n) is 4.27. The second-order valence-electron chi connectivity index (χ2n) is 6.47. The van der Waals surface area contributed by atoms with E-state index in [2.05, 4.69) is 25.3 Å². The Hall–Kier alpha value is -2.44. The zero-order chi connectivity index (χ0) is 17.3. The molecular weight excluding hydrogens is 304 g/mol. The Balaban J connectivity index is 1.69. The van der Waals surface area contributed by atoms with Crippen molar-refractivity contribution in [1.29, 1.82) is 0 Å². The van der Waals surface area contributed by atoms with Gasteiger partial charge in [0.2, 0.25) is 0 Å². The van der Waals surface area contributed by atoms with Gasteiger partial charge in [-0.1, -0.05) is 0 Å². The third-order valence-corrected chi connectivity index (χ3v) is 4.27. The van der Waals surface area contributed by atoms with Gasteiger partial charge < -0.3 is 10.2 Å². The summed E-state index contributed by atoms with van der Waals surface area (Å²) in [4.78, 5) is 23.6. The van der Waals surface area contributed by atoms with Crippen LogP contribution in [0.3, 0.4) is 0 Å². The van der Waals surface area contributed by atoms with E-state index < -0.39 is 0 Å². The van der Waals surface area contributed by atoms with Crippen molar-refractivity contribution >= 4 is 11.7 Å². The molecule has 0 bridgehead atoms. The quantitative estimate of drug-likeness (QED) is 0.925. The molecule has 7 heteroatoms. The van der Waals surface area contributed by atoms with Crippen LogP contribution in [0.25, 0.3) is 0 Å². The Kier molecular flexibility index (Phi) is 4.51. The second-order valence-corrected chi connectivity index (χ2v) is 6.47. The number of rotatable bonds is 3. The molecule has 1 saturated heterocycles. The van der Waals surface area contributed by atoms with Crippen LogP contribution in [0, 0.1) is 20.8 Å². The first-order valence-corrected chi connectivity index (χ1v) is 8.31. The molecule has 7 nitrogen and oxygen atoms in total. The lowest BCUT2D eigenvalue weighted by atomic mass is 10.1. The molecule has 3 heterocycles. The smallest absolute Gasteiger partial charge is 0.269 e. The van der Waals surface area contributed by atoms with E-state index in [4.69, 9.17) is 0 Å². The molecule has 0 radical (unpaired) electrons. The van der Waals surface area contributed by atoms with Crippen molar-refractivity contribution in [2.75, 3.05) is 18.0 Å². The maximum atomic E-state index is 12.5. The molecule has 3 rings (SSSR count). The number of piperidine rings is 1.